The first-order valence-corrected chi connectivity index (χ1v) is 7.25. The van der Waals surface area contributed by atoms with Crippen LogP contribution in [0.3, 0.4) is 0 Å². The molecule has 4 nitrogen and oxygen atoms in total. The summed E-state index contributed by atoms with van der Waals surface area (Å²) < 4.78 is 5.40. The lowest BCUT2D eigenvalue weighted by Gasteiger charge is -2.20. The molecule has 0 bridgehead atoms. The van der Waals surface area contributed by atoms with E-state index in [4.69, 9.17) is 4.74 Å². The highest BCUT2D eigenvalue weighted by molar-refractivity contribution is 5.46. The van der Waals surface area contributed by atoms with Crippen LogP contribution in [0.25, 0.3) is 0 Å². The van der Waals surface area contributed by atoms with Crippen LogP contribution in [0.2, 0.25) is 0 Å². The topological polar surface area (TPSA) is 37.4 Å². The largest absolute Gasteiger partial charge is 0.380 e. The summed E-state index contributed by atoms with van der Waals surface area (Å²) in [6.07, 6.45) is 4.53. The van der Waals surface area contributed by atoms with Crippen LogP contribution in [0.1, 0.15) is 38.4 Å². The lowest BCUT2D eigenvalue weighted by Crippen LogP contribution is -2.23. The summed E-state index contributed by atoms with van der Waals surface area (Å²) in [4.78, 5) is 6.97. The van der Waals surface area contributed by atoms with E-state index in [0.717, 1.165) is 38.2 Å². The molecule has 1 saturated heterocycles. The van der Waals surface area contributed by atoms with Crippen LogP contribution in [0.5, 0.6) is 0 Å². The third-order valence-corrected chi connectivity index (χ3v) is 3.83. The number of hydrogen-bond donors (Lipinski definition) is 1. The second-order valence-corrected chi connectivity index (χ2v) is 5.05. The van der Waals surface area contributed by atoms with E-state index in [0.29, 0.717) is 12.1 Å². The Labute approximate surface area is 116 Å². The Morgan fingerprint density at radius 2 is 2.32 bits per heavy atom. The summed E-state index contributed by atoms with van der Waals surface area (Å²) in [5, 5.41) is 3.46. The Morgan fingerprint density at radius 1 is 1.47 bits per heavy atom. The molecular weight excluding hydrogens is 238 g/mol. The van der Waals surface area contributed by atoms with Crippen molar-refractivity contribution in [2.24, 2.45) is 0 Å². The molecular formula is C15H25N3O. The second-order valence-electron chi connectivity index (χ2n) is 5.05. The van der Waals surface area contributed by atoms with E-state index in [1.54, 1.807) is 7.11 Å². The Kier molecular flexibility index (Phi) is 5.16. The molecule has 2 atom stereocenters. The minimum Gasteiger partial charge on any atom is -0.380 e. The summed E-state index contributed by atoms with van der Waals surface area (Å²) in [5.74, 6) is 0. The minimum atomic E-state index is 0.365. The van der Waals surface area contributed by atoms with Crippen LogP contribution in [-0.2, 0) is 4.74 Å². The SMILES string of the molecule is CCNC(CC)c1ccc(N2CCC(OC)C2)cn1. The number of anilines is 1. The number of rotatable bonds is 6. The molecule has 0 aromatic carbocycles. The van der Waals surface area contributed by atoms with Gasteiger partial charge in [-0.15, -0.1) is 0 Å². The molecule has 2 heterocycles. The Balaban J connectivity index is 2.02. The van der Waals surface area contributed by atoms with Crippen molar-refractivity contribution in [2.45, 2.75) is 38.8 Å². The van der Waals surface area contributed by atoms with E-state index >= 15 is 0 Å². The van der Waals surface area contributed by atoms with E-state index in [9.17, 15) is 0 Å². The Morgan fingerprint density at radius 3 is 2.84 bits per heavy atom. The summed E-state index contributed by atoms with van der Waals surface area (Å²) in [7, 11) is 1.79. The second kappa shape index (κ2) is 6.87. The molecule has 0 spiro atoms. The van der Waals surface area contributed by atoms with Crippen molar-refractivity contribution in [3.05, 3.63) is 24.0 Å². The van der Waals surface area contributed by atoms with Gasteiger partial charge < -0.3 is 15.0 Å². The van der Waals surface area contributed by atoms with Crippen LogP contribution in [-0.4, -0.2) is 37.8 Å². The van der Waals surface area contributed by atoms with Gasteiger partial charge in [-0.3, -0.25) is 4.98 Å². The van der Waals surface area contributed by atoms with Crippen molar-refractivity contribution >= 4 is 5.69 Å². The third kappa shape index (κ3) is 3.45. The lowest BCUT2D eigenvalue weighted by molar-refractivity contribution is 0.121. The highest BCUT2D eigenvalue weighted by Gasteiger charge is 2.22. The van der Waals surface area contributed by atoms with Crippen LogP contribution in [0.4, 0.5) is 5.69 Å². The molecule has 1 aromatic rings. The molecule has 0 amide bonds. The maximum atomic E-state index is 5.40. The van der Waals surface area contributed by atoms with Gasteiger partial charge in [-0.1, -0.05) is 13.8 Å². The van der Waals surface area contributed by atoms with Crippen molar-refractivity contribution in [1.82, 2.24) is 10.3 Å². The first-order valence-electron chi connectivity index (χ1n) is 7.25. The van der Waals surface area contributed by atoms with Gasteiger partial charge in [0, 0.05) is 26.2 Å². The number of nitrogens with one attached hydrogen (secondary N) is 1. The van der Waals surface area contributed by atoms with E-state index in [-0.39, 0.29) is 0 Å². The van der Waals surface area contributed by atoms with E-state index in [1.807, 2.05) is 6.20 Å². The highest BCUT2D eigenvalue weighted by Crippen LogP contribution is 2.22. The molecule has 1 N–H and O–H groups in total. The molecule has 0 saturated carbocycles. The predicted octanol–water partition coefficient (Wildman–Crippen LogP) is 2.37. The maximum absolute atomic E-state index is 5.40. The number of ether oxygens (including phenoxy) is 1. The summed E-state index contributed by atoms with van der Waals surface area (Å²) >= 11 is 0. The van der Waals surface area contributed by atoms with Crippen molar-refractivity contribution in [1.29, 1.82) is 0 Å². The van der Waals surface area contributed by atoms with E-state index < -0.39 is 0 Å². The number of hydrogen-bond acceptors (Lipinski definition) is 4. The highest BCUT2D eigenvalue weighted by atomic mass is 16.5. The standard InChI is InChI=1S/C15H25N3O/c1-4-14(16-5-2)15-7-6-12(10-17-15)18-9-8-13(11-18)19-3/h6-7,10,13-14,16H,4-5,8-9,11H2,1-3H3. The number of nitrogens with zero attached hydrogens (tertiary/aromatic N) is 2. The van der Waals surface area contributed by atoms with Gasteiger partial charge in [0.05, 0.1) is 23.7 Å². The fourth-order valence-electron chi connectivity index (χ4n) is 2.65. The number of methoxy groups -OCH3 is 1. The van der Waals surface area contributed by atoms with Crippen molar-refractivity contribution in [3.63, 3.8) is 0 Å². The molecule has 1 aromatic heterocycles. The molecule has 2 rings (SSSR count). The molecule has 4 heteroatoms. The van der Waals surface area contributed by atoms with E-state index in [1.165, 1.54) is 5.69 Å². The van der Waals surface area contributed by atoms with Gasteiger partial charge in [0.1, 0.15) is 0 Å². The quantitative estimate of drug-likeness (QED) is 0.855. The zero-order valence-corrected chi connectivity index (χ0v) is 12.2. The normalized spacial score (nSPS) is 20.8. The average molecular weight is 263 g/mol. The molecule has 106 valence electrons. The first-order chi connectivity index (χ1) is 9.28. The smallest absolute Gasteiger partial charge is 0.0762 e. The monoisotopic (exact) mass is 263 g/mol. The summed E-state index contributed by atoms with van der Waals surface area (Å²) in [5.41, 5.74) is 2.34. The van der Waals surface area contributed by atoms with Crippen LogP contribution >= 0.6 is 0 Å². The van der Waals surface area contributed by atoms with Gasteiger partial charge >= 0.3 is 0 Å². The van der Waals surface area contributed by atoms with Gasteiger partial charge in [-0.2, -0.15) is 0 Å². The average Bonchev–Trinajstić information content (AvgIpc) is 2.94. The van der Waals surface area contributed by atoms with Gasteiger partial charge in [-0.25, -0.2) is 0 Å². The van der Waals surface area contributed by atoms with Crippen molar-refractivity contribution in [3.8, 4) is 0 Å². The zero-order valence-electron chi connectivity index (χ0n) is 12.2. The summed E-state index contributed by atoms with van der Waals surface area (Å²) in [6.45, 7) is 7.33. The van der Waals surface area contributed by atoms with Gasteiger partial charge in [-0.05, 0) is 31.5 Å². The molecule has 1 aliphatic rings. The maximum Gasteiger partial charge on any atom is 0.0762 e. The van der Waals surface area contributed by atoms with E-state index in [2.05, 4.69) is 41.2 Å². The molecule has 19 heavy (non-hydrogen) atoms. The fourth-order valence-corrected chi connectivity index (χ4v) is 2.65. The first kappa shape index (κ1) is 14.3. The van der Waals surface area contributed by atoms with Gasteiger partial charge in [0.25, 0.3) is 0 Å². The van der Waals surface area contributed by atoms with Crippen molar-refractivity contribution < 1.29 is 4.74 Å². The van der Waals surface area contributed by atoms with Crippen molar-refractivity contribution in [2.75, 3.05) is 31.6 Å². The number of pyridine rings is 1. The van der Waals surface area contributed by atoms with Crippen LogP contribution < -0.4 is 10.2 Å². The minimum absolute atomic E-state index is 0.365. The lowest BCUT2D eigenvalue weighted by atomic mass is 10.1. The molecule has 1 aliphatic heterocycles. The Hall–Kier alpha value is -1.13. The number of aromatic nitrogens is 1. The zero-order chi connectivity index (χ0) is 13.7. The van der Waals surface area contributed by atoms with Crippen LogP contribution in [0.15, 0.2) is 18.3 Å². The summed E-state index contributed by atoms with van der Waals surface area (Å²) in [6, 6.07) is 4.69. The third-order valence-electron chi connectivity index (χ3n) is 3.83. The molecule has 1 fully saturated rings. The molecule has 2 unspecified atom stereocenters. The van der Waals surface area contributed by atoms with Crippen LogP contribution in [0, 0.1) is 0 Å². The molecule has 0 aliphatic carbocycles. The van der Waals surface area contributed by atoms with Gasteiger partial charge in [0.2, 0.25) is 0 Å². The predicted molar refractivity (Wildman–Crippen MR) is 78.6 cm³/mol. The Bertz CT molecular complexity index is 379. The fraction of sp³-hybridized carbons (Fsp3) is 0.667. The molecule has 0 radical (unpaired) electrons. The van der Waals surface area contributed by atoms with Gasteiger partial charge in [0.15, 0.2) is 0 Å².